The molecule has 0 aliphatic carbocycles. The van der Waals surface area contributed by atoms with E-state index >= 15 is 0 Å². The van der Waals surface area contributed by atoms with E-state index in [1.165, 1.54) is 24.9 Å². The Labute approximate surface area is 210 Å². The molecule has 176 valence electrons. The van der Waals surface area contributed by atoms with Gasteiger partial charge in [0.15, 0.2) is 5.60 Å². The number of halogens is 1. The number of anilines is 1. The molecule has 3 aromatic carbocycles. The quantitative estimate of drug-likeness (QED) is 0.305. The van der Waals surface area contributed by atoms with Crippen LogP contribution < -0.4 is 14.4 Å². The second kappa shape index (κ2) is 8.90. The molecule has 2 aliphatic rings. The zero-order valence-corrected chi connectivity index (χ0v) is 20.3. The fraction of sp³-hybridized carbons (Fsp3) is 0.241. The largest absolute Gasteiger partial charge is 0.480 e. The van der Waals surface area contributed by atoms with Crippen LogP contribution in [-0.2, 0) is 5.60 Å². The summed E-state index contributed by atoms with van der Waals surface area (Å²) in [5.41, 5.74) is 4.24. The normalized spacial score (nSPS) is 19.3. The molecule has 0 saturated carbocycles. The number of hydrogen-bond donors (Lipinski definition) is 0. The van der Waals surface area contributed by atoms with Crippen molar-refractivity contribution in [1.29, 1.82) is 0 Å². The van der Waals surface area contributed by atoms with E-state index in [4.69, 9.17) is 21.1 Å². The van der Waals surface area contributed by atoms with Crippen LogP contribution in [0.1, 0.15) is 36.0 Å². The van der Waals surface area contributed by atoms with Crippen LogP contribution in [0, 0.1) is 0 Å². The van der Waals surface area contributed by atoms with Crippen molar-refractivity contribution in [2.24, 2.45) is 0 Å². The number of aromatic nitrogens is 2. The van der Waals surface area contributed by atoms with Gasteiger partial charge in [-0.3, -0.25) is 0 Å². The maximum Gasteiger partial charge on any atom is 0.226 e. The summed E-state index contributed by atoms with van der Waals surface area (Å²) in [5.74, 6) is 1.18. The lowest BCUT2D eigenvalue weighted by Gasteiger charge is -2.37. The van der Waals surface area contributed by atoms with Crippen LogP contribution in [0.2, 0.25) is 5.28 Å². The number of nitrogens with zero attached hydrogens (tertiary/aromatic N) is 3. The Morgan fingerprint density at radius 3 is 2.37 bits per heavy atom. The van der Waals surface area contributed by atoms with E-state index < -0.39 is 5.60 Å². The van der Waals surface area contributed by atoms with Gasteiger partial charge in [0.25, 0.3) is 0 Å². The summed E-state index contributed by atoms with van der Waals surface area (Å²) in [6, 6.07) is 23.0. The molecule has 1 fully saturated rings. The second-order valence-corrected chi connectivity index (χ2v) is 9.34. The van der Waals surface area contributed by atoms with Crippen molar-refractivity contribution in [3.05, 3.63) is 94.8 Å². The molecule has 3 heterocycles. The van der Waals surface area contributed by atoms with Gasteiger partial charge in [-0.25, -0.2) is 4.98 Å². The van der Waals surface area contributed by atoms with E-state index in [1.54, 1.807) is 7.11 Å². The number of ether oxygens (including phenoxy) is 2. The van der Waals surface area contributed by atoms with Crippen molar-refractivity contribution < 1.29 is 9.47 Å². The standard InChI is InChI=1S/C29H26ClN3O2/c1-34-27-26-23-16-17-29(20-8-4-2-5-9-20,35-25(23)15-14-24(26)31-28(30)32-27)21-10-12-22(13-11-21)33-18-6-3-7-19-33/h2,4-5,8-17H,3,6-7,18-19H2,1H3. The number of fused-ring (bicyclic) bond motifs is 3. The average Bonchev–Trinajstić information content (AvgIpc) is 2.93. The average molecular weight is 484 g/mol. The first kappa shape index (κ1) is 21.9. The molecule has 1 atom stereocenters. The minimum Gasteiger partial charge on any atom is -0.480 e. The Hall–Kier alpha value is -3.57. The minimum atomic E-state index is -0.761. The Bertz CT molecular complexity index is 1400. The summed E-state index contributed by atoms with van der Waals surface area (Å²) in [6.07, 6.45) is 8.04. The molecule has 2 aliphatic heterocycles. The molecule has 1 aromatic heterocycles. The lowest BCUT2D eigenvalue weighted by Crippen LogP contribution is -2.34. The van der Waals surface area contributed by atoms with Crippen LogP contribution in [0.3, 0.4) is 0 Å². The van der Waals surface area contributed by atoms with E-state index in [9.17, 15) is 0 Å². The Balaban J connectivity index is 1.47. The predicted molar refractivity (Wildman–Crippen MR) is 140 cm³/mol. The van der Waals surface area contributed by atoms with Crippen LogP contribution in [-0.4, -0.2) is 30.2 Å². The number of benzene rings is 3. The molecule has 0 bridgehead atoms. The fourth-order valence-electron chi connectivity index (χ4n) is 5.22. The highest BCUT2D eigenvalue weighted by atomic mass is 35.5. The van der Waals surface area contributed by atoms with Crippen molar-refractivity contribution in [3.8, 4) is 11.6 Å². The van der Waals surface area contributed by atoms with Gasteiger partial charge in [0, 0.05) is 35.5 Å². The van der Waals surface area contributed by atoms with Gasteiger partial charge in [-0.05, 0) is 67.3 Å². The summed E-state index contributed by atoms with van der Waals surface area (Å²) in [5, 5.41) is 0.940. The van der Waals surface area contributed by atoms with Crippen LogP contribution in [0.5, 0.6) is 11.6 Å². The highest BCUT2D eigenvalue weighted by molar-refractivity contribution is 6.28. The first-order valence-electron chi connectivity index (χ1n) is 12.0. The molecule has 0 radical (unpaired) electrons. The minimum absolute atomic E-state index is 0.155. The fourth-order valence-corrected chi connectivity index (χ4v) is 5.38. The molecule has 0 spiro atoms. The summed E-state index contributed by atoms with van der Waals surface area (Å²) in [4.78, 5) is 11.1. The van der Waals surface area contributed by atoms with Gasteiger partial charge in [-0.2, -0.15) is 4.98 Å². The Morgan fingerprint density at radius 2 is 1.63 bits per heavy atom. The third kappa shape index (κ3) is 3.80. The van der Waals surface area contributed by atoms with Crippen molar-refractivity contribution in [2.75, 3.05) is 25.1 Å². The molecule has 4 aromatic rings. The van der Waals surface area contributed by atoms with Gasteiger partial charge in [0.2, 0.25) is 11.2 Å². The molecule has 0 amide bonds. The SMILES string of the molecule is COc1nc(Cl)nc2ccc3c(c12)C=CC(c1ccccc1)(c1ccc(N2CCCCC2)cc1)O3. The van der Waals surface area contributed by atoms with E-state index in [1.807, 2.05) is 30.3 Å². The Morgan fingerprint density at radius 1 is 0.886 bits per heavy atom. The summed E-state index contributed by atoms with van der Waals surface area (Å²) >= 11 is 6.11. The Kier molecular flexibility index (Phi) is 5.57. The van der Waals surface area contributed by atoms with E-state index in [2.05, 4.69) is 63.4 Å². The molecule has 1 saturated heterocycles. The molecule has 35 heavy (non-hydrogen) atoms. The van der Waals surface area contributed by atoms with Gasteiger partial charge < -0.3 is 14.4 Å². The van der Waals surface area contributed by atoms with Crippen molar-refractivity contribution in [1.82, 2.24) is 9.97 Å². The summed E-state index contributed by atoms with van der Waals surface area (Å²) in [7, 11) is 1.59. The first-order valence-corrected chi connectivity index (χ1v) is 12.4. The zero-order chi connectivity index (χ0) is 23.8. The van der Waals surface area contributed by atoms with E-state index in [0.717, 1.165) is 40.9 Å². The molecule has 6 heteroatoms. The monoisotopic (exact) mass is 483 g/mol. The maximum absolute atomic E-state index is 6.87. The summed E-state index contributed by atoms with van der Waals surface area (Å²) in [6.45, 7) is 2.24. The lowest BCUT2D eigenvalue weighted by atomic mass is 9.83. The van der Waals surface area contributed by atoms with Crippen molar-refractivity contribution in [3.63, 3.8) is 0 Å². The molecule has 1 unspecified atom stereocenters. The van der Waals surface area contributed by atoms with Crippen LogP contribution in [0.4, 0.5) is 5.69 Å². The number of rotatable bonds is 4. The maximum atomic E-state index is 6.87. The first-order chi connectivity index (χ1) is 17.2. The van der Waals surface area contributed by atoms with E-state index in [0.29, 0.717) is 11.4 Å². The predicted octanol–water partition coefficient (Wildman–Crippen LogP) is 6.63. The highest BCUT2D eigenvalue weighted by Crippen LogP contribution is 2.45. The third-order valence-corrected chi connectivity index (χ3v) is 7.14. The van der Waals surface area contributed by atoms with Gasteiger partial charge in [-0.1, -0.05) is 42.5 Å². The molecule has 5 nitrogen and oxygen atoms in total. The zero-order valence-electron chi connectivity index (χ0n) is 19.6. The van der Waals surface area contributed by atoms with Gasteiger partial charge in [0.1, 0.15) is 5.75 Å². The second-order valence-electron chi connectivity index (χ2n) is 9.01. The van der Waals surface area contributed by atoms with Crippen LogP contribution in [0.15, 0.2) is 72.8 Å². The highest BCUT2D eigenvalue weighted by Gasteiger charge is 2.38. The molecule has 6 rings (SSSR count). The van der Waals surface area contributed by atoms with Crippen LogP contribution >= 0.6 is 11.6 Å². The number of hydrogen-bond acceptors (Lipinski definition) is 5. The van der Waals surface area contributed by atoms with Crippen LogP contribution in [0.25, 0.3) is 17.0 Å². The van der Waals surface area contributed by atoms with Gasteiger partial charge in [0.05, 0.1) is 18.0 Å². The molecular weight excluding hydrogens is 458 g/mol. The van der Waals surface area contributed by atoms with Crippen molar-refractivity contribution in [2.45, 2.75) is 24.9 Å². The number of piperidine rings is 1. The molecule has 0 N–H and O–H groups in total. The van der Waals surface area contributed by atoms with Gasteiger partial charge in [-0.15, -0.1) is 0 Å². The summed E-state index contributed by atoms with van der Waals surface area (Å²) < 4.78 is 12.4. The van der Waals surface area contributed by atoms with E-state index in [-0.39, 0.29) is 5.28 Å². The third-order valence-electron chi connectivity index (χ3n) is 6.97. The lowest BCUT2D eigenvalue weighted by molar-refractivity contribution is 0.161. The van der Waals surface area contributed by atoms with Gasteiger partial charge >= 0.3 is 0 Å². The smallest absolute Gasteiger partial charge is 0.226 e. The molecular formula is C29H26ClN3O2. The van der Waals surface area contributed by atoms with Crippen molar-refractivity contribution >= 4 is 34.3 Å². The number of methoxy groups -OCH3 is 1. The topological polar surface area (TPSA) is 47.5 Å².